The first-order valence-electron chi connectivity index (χ1n) is 5.40. The Morgan fingerprint density at radius 1 is 1.18 bits per heavy atom. The van der Waals surface area contributed by atoms with E-state index in [0.29, 0.717) is 22.0 Å². The van der Waals surface area contributed by atoms with Gasteiger partial charge < -0.3 is 0 Å². The van der Waals surface area contributed by atoms with Gasteiger partial charge in [0.15, 0.2) is 5.78 Å². The predicted molar refractivity (Wildman–Crippen MR) is 69.9 cm³/mol. The molecule has 0 atom stereocenters. The Balaban J connectivity index is 2.70. The van der Waals surface area contributed by atoms with Crippen molar-refractivity contribution in [2.75, 3.05) is 0 Å². The first-order valence-corrected chi connectivity index (χ1v) is 6.15. The molecule has 0 N–H and O–H groups in total. The first kappa shape index (κ1) is 14.2. The largest absolute Gasteiger partial charge is 0.299 e. The molecule has 17 heavy (non-hydrogen) atoms. The maximum absolute atomic E-state index is 11.8. The second kappa shape index (κ2) is 6.18. The molecular weight excluding hydrogens is 259 g/mol. The van der Waals surface area contributed by atoms with Crippen LogP contribution in [-0.4, -0.2) is 11.6 Å². The molecule has 0 fully saturated rings. The summed E-state index contributed by atoms with van der Waals surface area (Å²) in [5.41, 5.74) is 0.427. The van der Waals surface area contributed by atoms with Gasteiger partial charge >= 0.3 is 0 Å². The van der Waals surface area contributed by atoms with Gasteiger partial charge in [-0.25, -0.2) is 0 Å². The van der Waals surface area contributed by atoms with Crippen molar-refractivity contribution in [2.45, 2.75) is 26.7 Å². The molecule has 92 valence electrons. The van der Waals surface area contributed by atoms with Crippen LogP contribution in [0.25, 0.3) is 0 Å². The van der Waals surface area contributed by atoms with Gasteiger partial charge in [-0.3, -0.25) is 9.59 Å². The van der Waals surface area contributed by atoms with E-state index in [4.69, 9.17) is 23.2 Å². The highest BCUT2D eigenvalue weighted by Crippen LogP contribution is 2.23. The van der Waals surface area contributed by atoms with Crippen molar-refractivity contribution < 1.29 is 9.59 Å². The van der Waals surface area contributed by atoms with Crippen LogP contribution in [0, 0.1) is 5.92 Å². The number of rotatable bonds is 5. The summed E-state index contributed by atoms with van der Waals surface area (Å²) in [6.07, 6.45) is 0.350. The van der Waals surface area contributed by atoms with Gasteiger partial charge in [0, 0.05) is 12.0 Å². The number of carbonyl (C=O) groups is 2. The third-order valence-corrected chi connectivity index (χ3v) is 2.97. The third-order valence-electron chi connectivity index (χ3n) is 2.24. The minimum absolute atomic E-state index is 0.0453. The Bertz CT molecular complexity index is 439. The van der Waals surface area contributed by atoms with Gasteiger partial charge in [-0.15, -0.1) is 0 Å². The van der Waals surface area contributed by atoms with Gasteiger partial charge in [0.2, 0.25) is 0 Å². The lowest BCUT2D eigenvalue weighted by atomic mass is 10.0. The SMILES string of the molecule is CC(C)CC(=O)CC(=O)c1ccc(Cl)c(Cl)c1. The lowest BCUT2D eigenvalue weighted by molar-refractivity contribution is -0.118. The van der Waals surface area contributed by atoms with Gasteiger partial charge in [0.05, 0.1) is 16.5 Å². The normalized spacial score (nSPS) is 10.6. The van der Waals surface area contributed by atoms with Crippen molar-refractivity contribution in [3.05, 3.63) is 33.8 Å². The summed E-state index contributed by atoms with van der Waals surface area (Å²) in [5.74, 6) is 0.00870. The number of halogens is 2. The molecule has 0 aromatic heterocycles. The average Bonchev–Trinajstić information content (AvgIpc) is 2.20. The van der Waals surface area contributed by atoms with Crippen LogP contribution < -0.4 is 0 Å². The third kappa shape index (κ3) is 4.49. The summed E-state index contributed by atoms with van der Waals surface area (Å²) in [6.45, 7) is 3.89. The second-order valence-electron chi connectivity index (χ2n) is 4.37. The van der Waals surface area contributed by atoms with Crippen LogP contribution in [-0.2, 0) is 4.79 Å². The van der Waals surface area contributed by atoms with Gasteiger partial charge in [-0.2, -0.15) is 0 Å². The Morgan fingerprint density at radius 2 is 1.82 bits per heavy atom. The number of Topliss-reactive ketones (excluding diaryl/α,β-unsaturated/α-hetero) is 2. The molecule has 0 saturated heterocycles. The van der Waals surface area contributed by atoms with Crippen molar-refractivity contribution >= 4 is 34.8 Å². The number of benzene rings is 1. The molecule has 0 spiro atoms. The molecule has 0 saturated carbocycles. The fourth-order valence-corrected chi connectivity index (χ4v) is 1.78. The number of hydrogen-bond acceptors (Lipinski definition) is 2. The van der Waals surface area contributed by atoms with E-state index in [1.54, 1.807) is 12.1 Å². The molecule has 4 heteroatoms. The molecule has 1 aromatic carbocycles. The Hall–Kier alpha value is -0.860. The van der Waals surface area contributed by atoms with E-state index in [1.165, 1.54) is 6.07 Å². The quantitative estimate of drug-likeness (QED) is 0.595. The van der Waals surface area contributed by atoms with Crippen LogP contribution >= 0.6 is 23.2 Å². The Labute approximate surface area is 111 Å². The van der Waals surface area contributed by atoms with Crippen LogP contribution in [0.5, 0.6) is 0 Å². The predicted octanol–water partition coefficient (Wildman–Crippen LogP) is 4.18. The van der Waals surface area contributed by atoms with Crippen molar-refractivity contribution in [3.8, 4) is 0 Å². The van der Waals surface area contributed by atoms with Crippen LogP contribution in [0.15, 0.2) is 18.2 Å². The highest BCUT2D eigenvalue weighted by Gasteiger charge is 2.14. The standard InChI is InChI=1S/C13H14Cl2O2/c1-8(2)5-10(16)7-13(17)9-3-4-11(14)12(15)6-9/h3-4,6,8H,5,7H2,1-2H3. The summed E-state index contributed by atoms with van der Waals surface area (Å²) < 4.78 is 0. The van der Waals surface area contributed by atoms with Crippen LogP contribution in [0.4, 0.5) is 0 Å². The zero-order valence-corrected chi connectivity index (χ0v) is 11.3. The smallest absolute Gasteiger partial charge is 0.170 e. The highest BCUT2D eigenvalue weighted by molar-refractivity contribution is 6.42. The highest BCUT2D eigenvalue weighted by atomic mass is 35.5. The molecule has 2 nitrogen and oxygen atoms in total. The Kier molecular flexibility index (Phi) is 5.16. The maximum Gasteiger partial charge on any atom is 0.170 e. The molecule has 0 radical (unpaired) electrons. The summed E-state index contributed by atoms with van der Waals surface area (Å²) >= 11 is 11.6. The molecule has 0 aliphatic heterocycles. The van der Waals surface area contributed by atoms with Crippen LogP contribution in [0.2, 0.25) is 10.0 Å². The van der Waals surface area contributed by atoms with Gasteiger partial charge in [0.1, 0.15) is 5.78 Å². The monoisotopic (exact) mass is 272 g/mol. The van der Waals surface area contributed by atoms with Crippen molar-refractivity contribution in [1.82, 2.24) is 0 Å². The van der Waals surface area contributed by atoms with Crippen LogP contribution in [0.3, 0.4) is 0 Å². The maximum atomic E-state index is 11.8. The van der Waals surface area contributed by atoms with E-state index in [9.17, 15) is 9.59 Å². The van der Waals surface area contributed by atoms with Gasteiger partial charge in [0.25, 0.3) is 0 Å². The van der Waals surface area contributed by atoms with E-state index in [1.807, 2.05) is 13.8 Å². The number of carbonyl (C=O) groups excluding carboxylic acids is 2. The fourth-order valence-electron chi connectivity index (χ4n) is 1.48. The summed E-state index contributed by atoms with van der Waals surface area (Å²) in [6, 6.07) is 4.64. The molecule has 0 heterocycles. The van der Waals surface area contributed by atoms with Crippen molar-refractivity contribution in [3.63, 3.8) is 0 Å². The van der Waals surface area contributed by atoms with Gasteiger partial charge in [-0.05, 0) is 24.1 Å². The lowest BCUT2D eigenvalue weighted by Crippen LogP contribution is -2.10. The minimum atomic E-state index is -0.214. The molecule has 0 unspecified atom stereocenters. The van der Waals surface area contributed by atoms with Gasteiger partial charge in [-0.1, -0.05) is 37.0 Å². The van der Waals surface area contributed by atoms with E-state index in [2.05, 4.69) is 0 Å². The summed E-state index contributed by atoms with van der Waals surface area (Å²) in [4.78, 5) is 23.3. The summed E-state index contributed by atoms with van der Waals surface area (Å²) in [5, 5.41) is 0.727. The molecule has 1 rings (SSSR count). The lowest BCUT2D eigenvalue weighted by Gasteiger charge is -2.04. The van der Waals surface area contributed by atoms with Crippen molar-refractivity contribution in [1.29, 1.82) is 0 Å². The average molecular weight is 273 g/mol. The second-order valence-corrected chi connectivity index (χ2v) is 5.18. The van der Waals surface area contributed by atoms with E-state index in [-0.39, 0.29) is 23.9 Å². The Morgan fingerprint density at radius 3 is 2.35 bits per heavy atom. The zero-order chi connectivity index (χ0) is 13.0. The summed E-state index contributed by atoms with van der Waals surface area (Å²) in [7, 11) is 0. The molecule has 0 bridgehead atoms. The van der Waals surface area contributed by atoms with Crippen molar-refractivity contribution in [2.24, 2.45) is 5.92 Å². The van der Waals surface area contributed by atoms with Crippen LogP contribution in [0.1, 0.15) is 37.0 Å². The van der Waals surface area contributed by atoms with E-state index in [0.717, 1.165) is 0 Å². The minimum Gasteiger partial charge on any atom is -0.299 e. The topological polar surface area (TPSA) is 34.1 Å². The molecule has 1 aromatic rings. The number of ketones is 2. The molecule has 0 amide bonds. The first-order chi connectivity index (χ1) is 7.90. The van der Waals surface area contributed by atoms with E-state index < -0.39 is 0 Å². The molecule has 0 aliphatic carbocycles. The van der Waals surface area contributed by atoms with E-state index >= 15 is 0 Å². The molecular formula is C13H14Cl2O2. The zero-order valence-electron chi connectivity index (χ0n) is 9.80. The molecule has 0 aliphatic rings. The fraction of sp³-hybridized carbons (Fsp3) is 0.385. The number of hydrogen-bond donors (Lipinski definition) is 0.